The number of rotatable bonds is 0. The molecule has 1 atom stereocenters. The topological polar surface area (TPSA) is 34.2 Å². The summed E-state index contributed by atoms with van der Waals surface area (Å²) in [4.78, 5) is 4.17. The Bertz CT molecular complexity index is 275. The molecule has 1 N–H and O–H groups in total. The molecule has 2 rings (SSSR count). The summed E-state index contributed by atoms with van der Waals surface area (Å²) in [5.74, 6) is 0.773. The summed E-state index contributed by atoms with van der Waals surface area (Å²) in [7, 11) is 0. The highest BCUT2D eigenvalue weighted by molar-refractivity contribution is 5.26. The maximum atomic E-state index is 5.58. The van der Waals surface area contributed by atoms with E-state index in [0.29, 0.717) is 0 Å². The van der Waals surface area contributed by atoms with Crippen LogP contribution in [0.4, 0.5) is 0 Å². The molecule has 1 aliphatic rings. The molecule has 0 saturated carbocycles. The smallest absolute Gasteiger partial charge is 0.218 e. The third kappa shape index (κ3) is 1.41. The van der Waals surface area contributed by atoms with E-state index in [-0.39, 0.29) is 6.10 Å². The van der Waals surface area contributed by atoms with Gasteiger partial charge in [-0.1, -0.05) is 6.07 Å². The summed E-state index contributed by atoms with van der Waals surface area (Å²) in [6.07, 6.45) is 1.97. The highest BCUT2D eigenvalue weighted by Gasteiger charge is 2.13. The van der Waals surface area contributed by atoms with Gasteiger partial charge in [-0.2, -0.15) is 0 Å². The van der Waals surface area contributed by atoms with E-state index in [1.165, 1.54) is 0 Å². The molecule has 0 aliphatic carbocycles. The Labute approximate surface area is 71.8 Å². The molecule has 1 aromatic rings. The predicted molar refractivity (Wildman–Crippen MR) is 46.0 cm³/mol. The van der Waals surface area contributed by atoms with Crippen molar-refractivity contribution in [3.8, 4) is 5.88 Å². The van der Waals surface area contributed by atoms with Gasteiger partial charge >= 0.3 is 0 Å². The normalized spacial score (nSPS) is 22.2. The molecule has 12 heavy (non-hydrogen) atoms. The first-order valence-corrected chi connectivity index (χ1v) is 4.17. The number of fused-ring (bicyclic) bond motifs is 1. The molecule has 64 valence electrons. The standard InChI is InChI=1S/C9H12N2O/c1-7-5-10-6-8-3-2-4-11-9(8)12-7/h2-4,7,10H,5-6H2,1H3/t7-/m1/s1. The van der Waals surface area contributed by atoms with Gasteiger partial charge in [-0.3, -0.25) is 0 Å². The first-order chi connectivity index (χ1) is 5.86. The van der Waals surface area contributed by atoms with Crippen LogP contribution in [0.25, 0.3) is 0 Å². The lowest BCUT2D eigenvalue weighted by atomic mass is 10.3. The van der Waals surface area contributed by atoms with Crippen molar-refractivity contribution in [2.45, 2.75) is 19.6 Å². The minimum atomic E-state index is 0.209. The molecule has 1 aliphatic heterocycles. The molecule has 0 spiro atoms. The zero-order chi connectivity index (χ0) is 8.39. The zero-order valence-electron chi connectivity index (χ0n) is 7.08. The van der Waals surface area contributed by atoms with Gasteiger partial charge in [0.2, 0.25) is 5.88 Å². The Hall–Kier alpha value is -1.09. The van der Waals surface area contributed by atoms with Crippen LogP contribution < -0.4 is 10.1 Å². The van der Waals surface area contributed by atoms with Crippen LogP contribution in [0.1, 0.15) is 12.5 Å². The van der Waals surface area contributed by atoms with E-state index in [2.05, 4.69) is 10.3 Å². The number of ether oxygens (including phenoxy) is 1. The molecule has 0 saturated heterocycles. The molecular weight excluding hydrogens is 152 g/mol. The van der Waals surface area contributed by atoms with Crippen molar-refractivity contribution in [2.75, 3.05) is 6.54 Å². The lowest BCUT2D eigenvalue weighted by Crippen LogP contribution is -2.25. The van der Waals surface area contributed by atoms with Crippen LogP contribution in [0.3, 0.4) is 0 Å². The summed E-state index contributed by atoms with van der Waals surface area (Å²) in [5.41, 5.74) is 1.14. The van der Waals surface area contributed by atoms with Gasteiger partial charge < -0.3 is 10.1 Å². The fraction of sp³-hybridized carbons (Fsp3) is 0.444. The van der Waals surface area contributed by atoms with E-state index < -0.39 is 0 Å². The largest absolute Gasteiger partial charge is 0.473 e. The van der Waals surface area contributed by atoms with Crippen LogP contribution in [0, 0.1) is 0 Å². The SMILES string of the molecule is C[C@@H]1CNCc2cccnc2O1. The third-order valence-electron chi connectivity index (χ3n) is 1.91. The van der Waals surface area contributed by atoms with E-state index >= 15 is 0 Å². The summed E-state index contributed by atoms with van der Waals surface area (Å²) < 4.78 is 5.58. The minimum absolute atomic E-state index is 0.209. The van der Waals surface area contributed by atoms with Gasteiger partial charge in [0.15, 0.2) is 0 Å². The second-order valence-electron chi connectivity index (χ2n) is 3.03. The van der Waals surface area contributed by atoms with Crippen molar-refractivity contribution in [2.24, 2.45) is 0 Å². The molecular formula is C9H12N2O. The fourth-order valence-corrected chi connectivity index (χ4v) is 1.31. The van der Waals surface area contributed by atoms with E-state index in [4.69, 9.17) is 4.74 Å². The Balaban J connectivity index is 2.31. The monoisotopic (exact) mass is 164 g/mol. The third-order valence-corrected chi connectivity index (χ3v) is 1.91. The molecule has 0 aromatic carbocycles. The molecule has 0 fully saturated rings. The van der Waals surface area contributed by atoms with E-state index in [1.807, 2.05) is 19.1 Å². The number of aromatic nitrogens is 1. The number of hydrogen-bond acceptors (Lipinski definition) is 3. The Kier molecular flexibility index (Phi) is 1.96. The first kappa shape index (κ1) is 7.55. The maximum Gasteiger partial charge on any atom is 0.218 e. The van der Waals surface area contributed by atoms with Crippen molar-refractivity contribution in [3.63, 3.8) is 0 Å². The molecule has 2 heterocycles. The van der Waals surface area contributed by atoms with Crippen molar-refractivity contribution in [3.05, 3.63) is 23.9 Å². The molecule has 0 radical (unpaired) electrons. The van der Waals surface area contributed by atoms with Crippen LogP contribution in [-0.2, 0) is 6.54 Å². The quantitative estimate of drug-likeness (QED) is 0.620. The molecule has 3 heteroatoms. The van der Waals surface area contributed by atoms with Crippen LogP contribution in [0.5, 0.6) is 5.88 Å². The molecule has 0 unspecified atom stereocenters. The van der Waals surface area contributed by atoms with Crippen LogP contribution in [0.15, 0.2) is 18.3 Å². The van der Waals surface area contributed by atoms with E-state index in [1.54, 1.807) is 6.20 Å². The van der Waals surface area contributed by atoms with Gasteiger partial charge in [0, 0.05) is 24.8 Å². The summed E-state index contributed by atoms with van der Waals surface area (Å²) in [6, 6.07) is 3.97. The second kappa shape index (κ2) is 3.11. The van der Waals surface area contributed by atoms with Crippen LogP contribution in [-0.4, -0.2) is 17.6 Å². The summed E-state index contributed by atoms with van der Waals surface area (Å²) in [6.45, 7) is 3.78. The van der Waals surface area contributed by atoms with Crippen molar-refractivity contribution >= 4 is 0 Å². The average Bonchev–Trinajstić information content (AvgIpc) is 2.25. The minimum Gasteiger partial charge on any atom is -0.473 e. The van der Waals surface area contributed by atoms with Gasteiger partial charge in [-0.15, -0.1) is 0 Å². The summed E-state index contributed by atoms with van der Waals surface area (Å²) in [5, 5.41) is 3.29. The summed E-state index contributed by atoms with van der Waals surface area (Å²) >= 11 is 0. The van der Waals surface area contributed by atoms with Crippen molar-refractivity contribution in [1.29, 1.82) is 0 Å². The fourth-order valence-electron chi connectivity index (χ4n) is 1.31. The Morgan fingerprint density at radius 2 is 2.58 bits per heavy atom. The number of hydrogen-bond donors (Lipinski definition) is 1. The average molecular weight is 164 g/mol. The van der Waals surface area contributed by atoms with E-state index in [0.717, 1.165) is 24.5 Å². The predicted octanol–water partition coefficient (Wildman–Crippen LogP) is 0.952. The van der Waals surface area contributed by atoms with Crippen molar-refractivity contribution in [1.82, 2.24) is 10.3 Å². The Morgan fingerprint density at radius 3 is 3.50 bits per heavy atom. The number of pyridine rings is 1. The highest BCUT2D eigenvalue weighted by Crippen LogP contribution is 2.17. The molecule has 1 aromatic heterocycles. The number of nitrogens with zero attached hydrogens (tertiary/aromatic N) is 1. The lowest BCUT2D eigenvalue weighted by Gasteiger charge is -2.09. The van der Waals surface area contributed by atoms with Gasteiger partial charge in [0.25, 0.3) is 0 Å². The highest BCUT2D eigenvalue weighted by atomic mass is 16.5. The number of nitrogens with one attached hydrogen (secondary N) is 1. The Morgan fingerprint density at radius 1 is 1.67 bits per heavy atom. The van der Waals surface area contributed by atoms with Gasteiger partial charge in [-0.25, -0.2) is 4.98 Å². The van der Waals surface area contributed by atoms with Gasteiger partial charge in [0.1, 0.15) is 6.10 Å². The zero-order valence-corrected chi connectivity index (χ0v) is 7.08. The molecule has 0 amide bonds. The van der Waals surface area contributed by atoms with Crippen LogP contribution >= 0.6 is 0 Å². The van der Waals surface area contributed by atoms with Crippen LogP contribution in [0.2, 0.25) is 0 Å². The van der Waals surface area contributed by atoms with Gasteiger partial charge in [-0.05, 0) is 13.0 Å². The lowest BCUT2D eigenvalue weighted by molar-refractivity contribution is 0.218. The molecule has 3 nitrogen and oxygen atoms in total. The molecule has 0 bridgehead atoms. The van der Waals surface area contributed by atoms with E-state index in [9.17, 15) is 0 Å². The first-order valence-electron chi connectivity index (χ1n) is 4.17. The van der Waals surface area contributed by atoms with Crippen molar-refractivity contribution < 1.29 is 4.74 Å². The van der Waals surface area contributed by atoms with Gasteiger partial charge in [0.05, 0.1) is 0 Å². The second-order valence-corrected chi connectivity index (χ2v) is 3.03. The maximum absolute atomic E-state index is 5.58.